The summed E-state index contributed by atoms with van der Waals surface area (Å²) in [6.07, 6.45) is 1.20. The van der Waals surface area contributed by atoms with E-state index in [4.69, 9.17) is 0 Å². The molecule has 1 N–H and O–H groups in total. The van der Waals surface area contributed by atoms with Gasteiger partial charge in [0, 0.05) is 58.7 Å². The molecular formula is C16H20N2S2. The van der Waals surface area contributed by atoms with Gasteiger partial charge >= 0.3 is 0 Å². The number of rotatable bonds is 1. The Balaban J connectivity index is 1.59. The highest BCUT2D eigenvalue weighted by Gasteiger charge is 2.26. The van der Waals surface area contributed by atoms with E-state index in [0.717, 1.165) is 12.6 Å². The molecule has 0 bridgehead atoms. The summed E-state index contributed by atoms with van der Waals surface area (Å²) in [6.45, 7) is 2.33. The zero-order chi connectivity index (χ0) is 13.4. The first-order chi connectivity index (χ1) is 9.92. The summed E-state index contributed by atoms with van der Waals surface area (Å²) in [5, 5.41) is 1.44. The summed E-state index contributed by atoms with van der Waals surface area (Å²) in [5.74, 6) is 5.27. The van der Waals surface area contributed by atoms with Crippen molar-refractivity contribution < 1.29 is 0 Å². The molecule has 3 heterocycles. The number of fused-ring (bicyclic) bond motifs is 3. The summed E-state index contributed by atoms with van der Waals surface area (Å²) in [7, 11) is 0. The number of nitrogens with one attached hydrogen (secondary N) is 1. The van der Waals surface area contributed by atoms with E-state index in [1.807, 2.05) is 0 Å². The highest BCUT2D eigenvalue weighted by Crippen LogP contribution is 2.30. The van der Waals surface area contributed by atoms with Crippen LogP contribution in [0.2, 0.25) is 0 Å². The number of benzene rings is 1. The molecule has 0 spiro atoms. The van der Waals surface area contributed by atoms with Crippen molar-refractivity contribution in [3.63, 3.8) is 0 Å². The van der Waals surface area contributed by atoms with Crippen LogP contribution in [-0.4, -0.2) is 45.5 Å². The topological polar surface area (TPSA) is 19.0 Å². The lowest BCUT2D eigenvalue weighted by atomic mass is 10.0. The van der Waals surface area contributed by atoms with Crippen molar-refractivity contribution in [1.82, 2.24) is 9.88 Å². The lowest BCUT2D eigenvalue weighted by molar-refractivity contribution is 0.208. The maximum Gasteiger partial charge on any atom is 0.0459 e. The van der Waals surface area contributed by atoms with Gasteiger partial charge in [-0.15, -0.1) is 0 Å². The van der Waals surface area contributed by atoms with Crippen LogP contribution < -0.4 is 0 Å². The van der Waals surface area contributed by atoms with Crippen molar-refractivity contribution in [2.45, 2.75) is 19.0 Å². The number of H-pyrrole nitrogens is 1. The number of thioether (sulfide) groups is 2. The Bertz CT molecular complexity index is 600. The Hall–Kier alpha value is -0.580. The Morgan fingerprint density at radius 3 is 2.75 bits per heavy atom. The third kappa shape index (κ3) is 2.38. The van der Waals surface area contributed by atoms with E-state index in [1.165, 1.54) is 52.6 Å². The van der Waals surface area contributed by atoms with E-state index in [0.29, 0.717) is 0 Å². The largest absolute Gasteiger partial charge is 0.357 e. The second-order valence-electron chi connectivity index (χ2n) is 5.65. The van der Waals surface area contributed by atoms with Gasteiger partial charge < -0.3 is 4.98 Å². The molecule has 0 unspecified atom stereocenters. The molecule has 1 saturated heterocycles. The number of para-hydroxylation sites is 1. The number of aromatic amines is 1. The normalized spacial score (nSPS) is 21.8. The van der Waals surface area contributed by atoms with Gasteiger partial charge in [0.2, 0.25) is 0 Å². The van der Waals surface area contributed by atoms with Gasteiger partial charge in [-0.1, -0.05) is 18.2 Å². The van der Waals surface area contributed by atoms with Crippen molar-refractivity contribution in [1.29, 1.82) is 0 Å². The highest BCUT2D eigenvalue weighted by molar-refractivity contribution is 8.03. The smallest absolute Gasteiger partial charge is 0.0459 e. The molecule has 2 aliphatic rings. The molecule has 2 aromatic rings. The highest BCUT2D eigenvalue weighted by atomic mass is 32.2. The molecule has 2 nitrogen and oxygen atoms in total. The molecular weight excluding hydrogens is 284 g/mol. The van der Waals surface area contributed by atoms with Gasteiger partial charge in [-0.25, -0.2) is 0 Å². The molecule has 0 aliphatic carbocycles. The Labute approximate surface area is 128 Å². The SMILES string of the molecule is c1ccc2c3c([nH]c2c1)CN(C1CSCCSC1)CC3. The predicted octanol–water partition coefficient (Wildman–Crippen LogP) is 3.37. The molecule has 106 valence electrons. The zero-order valence-electron chi connectivity index (χ0n) is 11.6. The number of nitrogens with zero attached hydrogens (tertiary/aromatic N) is 1. The van der Waals surface area contributed by atoms with Crippen LogP contribution in [0, 0.1) is 0 Å². The van der Waals surface area contributed by atoms with E-state index in [9.17, 15) is 0 Å². The zero-order valence-corrected chi connectivity index (χ0v) is 13.2. The average Bonchev–Trinajstić information content (AvgIpc) is 2.67. The summed E-state index contributed by atoms with van der Waals surface area (Å²) < 4.78 is 0. The number of hydrogen-bond donors (Lipinski definition) is 1. The van der Waals surface area contributed by atoms with Gasteiger partial charge in [0.1, 0.15) is 0 Å². The van der Waals surface area contributed by atoms with E-state index in [2.05, 4.69) is 57.7 Å². The molecule has 4 rings (SSSR count). The lowest BCUT2D eigenvalue weighted by Crippen LogP contribution is -2.42. The maximum absolute atomic E-state index is 3.65. The van der Waals surface area contributed by atoms with Crippen LogP contribution >= 0.6 is 23.5 Å². The van der Waals surface area contributed by atoms with Gasteiger partial charge in [0.05, 0.1) is 0 Å². The third-order valence-electron chi connectivity index (χ3n) is 4.42. The van der Waals surface area contributed by atoms with Gasteiger partial charge in [0.15, 0.2) is 0 Å². The first-order valence-corrected chi connectivity index (χ1v) is 9.71. The van der Waals surface area contributed by atoms with Gasteiger partial charge in [-0.3, -0.25) is 4.90 Å². The van der Waals surface area contributed by atoms with Gasteiger partial charge in [-0.2, -0.15) is 23.5 Å². The minimum Gasteiger partial charge on any atom is -0.357 e. The number of hydrogen-bond acceptors (Lipinski definition) is 3. The monoisotopic (exact) mass is 304 g/mol. The fourth-order valence-corrected chi connectivity index (χ4v) is 5.97. The Morgan fingerprint density at radius 1 is 1.10 bits per heavy atom. The molecule has 1 aromatic carbocycles. The minimum atomic E-state index is 0.757. The molecule has 4 heteroatoms. The summed E-state index contributed by atoms with van der Waals surface area (Å²) in [5.41, 5.74) is 4.33. The van der Waals surface area contributed by atoms with Crippen molar-refractivity contribution in [3.05, 3.63) is 35.5 Å². The van der Waals surface area contributed by atoms with E-state index >= 15 is 0 Å². The van der Waals surface area contributed by atoms with Crippen LogP contribution in [0.5, 0.6) is 0 Å². The van der Waals surface area contributed by atoms with Crippen molar-refractivity contribution in [3.8, 4) is 0 Å². The third-order valence-corrected chi connectivity index (χ3v) is 6.91. The fourth-order valence-electron chi connectivity index (χ4n) is 3.34. The average molecular weight is 304 g/mol. The minimum absolute atomic E-state index is 0.757. The van der Waals surface area contributed by atoms with Crippen LogP contribution in [0.1, 0.15) is 11.3 Å². The quantitative estimate of drug-likeness (QED) is 0.871. The van der Waals surface area contributed by atoms with Crippen molar-refractivity contribution in [2.75, 3.05) is 29.6 Å². The molecule has 2 aliphatic heterocycles. The lowest BCUT2D eigenvalue weighted by Gasteiger charge is -2.33. The summed E-state index contributed by atoms with van der Waals surface area (Å²) in [4.78, 5) is 6.34. The standard InChI is InChI=1S/C16H20N2S2/c1-2-4-15-13(3-1)14-5-6-18(9-16(14)17-15)12-10-19-7-8-20-11-12/h1-4,12,17H,5-11H2. The fraction of sp³-hybridized carbons (Fsp3) is 0.500. The van der Waals surface area contributed by atoms with Crippen molar-refractivity contribution in [2.24, 2.45) is 0 Å². The molecule has 0 atom stereocenters. The summed E-state index contributed by atoms with van der Waals surface area (Å²) >= 11 is 4.26. The predicted molar refractivity (Wildman–Crippen MR) is 90.9 cm³/mol. The first-order valence-electron chi connectivity index (χ1n) is 7.40. The second-order valence-corrected chi connectivity index (χ2v) is 7.95. The van der Waals surface area contributed by atoms with Crippen LogP contribution in [-0.2, 0) is 13.0 Å². The van der Waals surface area contributed by atoms with E-state index in [-0.39, 0.29) is 0 Å². The molecule has 20 heavy (non-hydrogen) atoms. The van der Waals surface area contributed by atoms with Crippen LogP contribution in [0.4, 0.5) is 0 Å². The van der Waals surface area contributed by atoms with Gasteiger partial charge in [0.25, 0.3) is 0 Å². The van der Waals surface area contributed by atoms with Crippen molar-refractivity contribution >= 4 is 34.4 Å². The molecule has 1 fully saturated rings. The van der Waals surface area contributed by atoms with Crippen LogP contribution in [0.15, 0.2) is 24.3 Å². The molecule has 0 radical (unpaired) electrons. The molecule has 0 saturated carbocycles. The van der Waals surface area contributed by atoms with Crippen LogP contribution in [0.3, 0.4) is 0 Å². The molecule has 0 amide bonds. The number of aromatic nitrogens is 1. The van der Waals surface area contributed by atoms with E-state index < -0.39 is 0 Å². The van der Waals surface area contributed by atoms with Crippen LogP contribution in [0.25, 0.3) is 10.9 Å². The molecule has 1 aromatic heterocycles. The maximum atomic E-state index is 3.65. The summed E-state index contributed by atoms with van der Waals surface area (Å²) in [6, 6.07) is 9.50. The Morgan fingerprint density at radius 2 is 1.90 bits per heavy atom. The first kappa shape index (κ1) is 13.1. The van der Waals surface area contributed by atoms with E-state index in [1.54, 1.807) is 5.56 Å². The Kier molecular flexibility index (Phi) is 3.71. The second kappa shape index (κ2) is 5.66. The van der Waals surface area contributed by atoms with Gasteiger partial charge in [-0.05, 0) is 18.1 Å².